The van der Waals surface area contributed by atoms with Crippen molar-refractivity contribution >= 4 is 15.9 Å². The fraction of sp³-hybridized carbons (Fsp3) is 0.182. The van der Waals surface area contributed by atoms with Gasteiger partial charge < -0.3 is 4.57 Å². The molecular formula is C11H11BrN2. The highest BCUT2D eigenvalue weighted by atomic mass is 79.9. The first-order chi connectivity index (χ1) is 6.77. The maximum Gasteiger partial charge on any atom is 0.0485 e. The smallest absolute Gasteiger partial charge is 0.0485 e. The maximum absolute atomic E-state index is 4.04. The van der Waals surface area contributed by atoms with Gasteiger partial charge in [0, 0.05) is 35.3 Å². The molecule has 2 nitrogen and oxygen atoms in total. The highest BCUT2D eigenvalue weighted by molar-refractivity contribution is 9.10. The molecule has 0 aromatic carbocycles. The molecule has 0 saturated heterocycles. The van der Waals surface area contributed by atoms with Crippen LogP contribution in [0.4, 0.5) is 0 Å². The summed E-state index contributed by atoms with van der Waals surface area (Å²) in [5.74, 6) is 0. The number of hydrogen-bond acceptors (Lipinski definition) is 1. The van der Waals surface area contributed by atoms with Crippen molar-refractivity contribution in [1.82, 2.24) is 9.55 Å². The summed E-state index contributed by atoms with van der Waals surface area (Å²) in [4.78, 5) is 4.04. The Labute approximate surface area is 91.7 Å². The molecule has 0 aliphatic rings. The van der Waals surface area contributed by atoms with Gasteiger partial charge in [-0.3, -0.25) is 4.98 Å². The minimum Gasteiger partial charge on any atom is -0.347 e. The summed E-state index contributed by atoms with van der Waals surface area (Å²) in [6.45, 7) is 3.00. The first kappa shape index (κ1) is 9.46. The number of aryl methyl sites for hydroxylation is 1. The van der Waals surface area contributed by atoms with Gasteiger partial charge in [0.25, 0.3) is 0 Å². The molecule has 0 N–H and O–H groups in total. The molecule has 0 atom stereocenters. The van der Waals surface area contributed by atoms with Crippen molar-refractivity contribution < 1.29 is 0 Å². The van der Waals surface area contributed by atoms with Crippen LogP contribution in [0.5, 0.6) is 0 Å². The molecule has 0 spiro atoms. The molecule has 3 heteroatoms. The molecule has 0 aliphatic heterocycles. The van der Waals surface area contributed by atoms with Crippen molar-refractivity contribution in [3.8, 4) is 0 Å². The van der Waals surface area contributed by atoms with Crippen molar-refractivity contribution in [3.05, 3.63) is 52.5 Å². The molecule has 0 radical (unpaired) electrons. The number of pyridine rings is 1. The monoisotopic (exact) mass is 250 g/mol. The molecule has 72 valence electrons. The summed E-state index contributed by atoms with van der Waals surface area (Å²) in [6.07, 6.45) is 5.73. The predicted molar refractivity (Wildman–Crippen MR) is 60.2 cm³/mol. The van der Waals surface area contributed by atoms with Gasteiger partial charge in [0.05, 0.1) is 0 Å². The van der Waals surface area contributed by atoms with E-state index in [9.17, 15) is 0 Å². The molecule has 2 rings (SSSR count). The Morgan fingerprint density at radius 1 is 1.43 bits per heavy atom. The molecule has 2 heterocycles. The Hall–Kier alpha value is -1.09. The van der Waals surface area contributed by atoms with Crippen LogP contribution in [0, 0.1) is 6.92 Å². The van der Waals surface area contributed by atoms with Crippen LogP contribution in [0.25, 0.3) is 0 Å². The third kappa shape index (κ3) is 1.87. The first-order valence-corrected chi connectivity index (χ1v) is 5.27. The van der Waals surface area contributed by atoms with E-state index in [-0.39, 0.29) is 0 Å². The normalized spacial score (nSPS) is 10.4. The lowest BCUT2D eigenvalue weighted by atomic mass is 10.2. The second kappa shape index (κ2) is 3.96. The van der Waals surface area contributed by atoms with Crippen molar-refractivity contribution in [3.63, 3.8) is 0 Å². The van der Waals surface area contributed by atoms with Gasteiger partial charge in [0.2, 0.25) is 0 Å². The number of nitrogens with zero attached hydrogens (tertiary/aromatic N) is 2. The largest absolute Gasteiger partial charge is 0.347 e. The van der Waals surface area contributed by atoms with E-state index in [1.54, 1.807) is 0 Å². The summed E-state index contributed by atoms with van der Waals surface area (Å²) in [6, 6.07) is 6.20. The minimum atomic E-state index is 0.891. The highest BCUT2D eigenvalue weighted by Crippen LogP contribution is 2.16. The van der Waals surface area contributed by atoms with Gasteiger partial charge in [0.1, 0.15) is 0 Å². The molecule has 14 heavy (non-hydrogen) atoms. The van der Waals surface area contributed by atoms with Crippen molar-refractivity contribution in [2.45, 2.75) is 13.5 Å². The van der Waals surface area contributed by atoms with Gasteiger partial charge in [-0.15, -0.1) is 0 Å². The average Bonchev–Trinajstić information content (AvgIpc) is 2.56. The minimum absolute atomic E-state index is 0.891. The number of halogens is 1. The van der Waals surface area contributed by atoms with Gasteiger partial charge in [-0.2, -0.15) is 0 Å². The zero-order valence-electron chi connectivity index (χ0n) is 7.94. The molecule has 2 aromatic rings. The summed E-state index contributed by atoms with van der Waals surface area (Å²) >= 11 is 3.49. The number of hydrogen-bond donors (Lipinski definition) is 0. The van der Waals surface area contributed by atoms with Crippen LogP contribution in [0.15, 0.2) is 41.3 Å². The second-order valence-corrected chi connectivity index (χ2v) is 4.10. The van der Waals surface area contributed by atoms with Crippen LogP contribution < -0.4 is 0 Å². The fourth-order valence-corrected chi connectivity index (χ4v) is 1.77. The van der Waals surface area contributed by atoms with Crippen LogP contribution in [0.2, 0.25) is 0 Å². The summed E-state index contributed by atoms with van der Waals surface area (Å²) in [5.41, 5.74) is 2.52. The Bertz CT molecular complexity index is 434. The van der Waals surface area contributed by atoms with E-state index in [4.69, 9.17) is 0 Å². The van der Waals surface area contributed by atoms with Gasteiger partial charge in [-0.1, -0.05) is 0 Å². The first-order valence-electron chi connectivity index (χ1n) is 4.47. The molecule has 0 unspecified atom stereocenters. The van der Waals surface area contributed by atoms with E-state index >= 15 is 0 Å². The molecule has 0 aliphatic carbocycles. The van der Waals surface area contributed by atoms with Crippen LogP contribution in [-0.4, -0.2) is 9.55 Å². The van der Waals surface area contributed by atoms with Crippen molar-refractivity contribution in [1.29, 1.82) is 0 Å². The average molecular weight is 251 g/mol. The second-order valence-electron chi connectivity index (χ2n) is 3.24. The highest BCUT2D eigenvalue weighted by Gasteiger charge is 2.01. The Morgan fingerprint density at radius 3 is 2.93 bits per heavy atom. The lowest BCUT2D eigenvalue weighted by Gasteiger charge is -2.07. The van der Waals surface area contributed by atoms with Gasteiger partial charge in [-0.05, 0) is 46.6 Å². The fourth-order valence-electron chi connectivity index (χ4n) is 1.39. The Kier molecular flexibility index (Phi) is 2.68. The molecular weight excluding hydrogens is 240 g/mol. The molecule has 0 bridgehead atoms. The lowest BCUT2D eigenvalue weighted by molar-refractivity contribution is 0.772. The third-order valence-corrected chi connectivity index (χ3v) is 2.97. The van der Waals surface area contributed by atoms with Gasteiger partial charge in [0.15, 0.2) is 0 Å². The topological polar surface area (TPSA) is 17.8 Å². The van der Waals surface area contributed by atoms with E-state index in [0.717, 1.165) is 11.0 Å². The van der Waals surface area contributed by atoms with Crippen LogP contribution in [-0.2, 0) is 6.54 Å². The summed E-state index contributed by atoms with van der Waals surface area (Å²) in [5, 5.41) is 0. The van der Waals surface area contributed by atoms with Gasteiger partial charge in [-0.25, -0.2) is 0 Å². The van der Waals surface area contributed by atoms with Crippen molar-refractivity contribution in [2.24, 2.45) is 0 Å². The zero-order valence-corrected chi connectivity index (χ0v) is 9.53. The molecule has 2 aromatic heterocycles. The standard InChI is InChI=1S/C11H11BrN2/c1-9-3-2-6-14(9)8-10-4-5-13-7-11(10)12/h2-7H,8H2,1H3. The Morgan fingerprint density at radius 2 is 2.29 bits per heavy atom. The lowest BCUT2D eigenvalue weighted by Crippen LogP contribution is -2.00. The zero-order chi connectivity index (χ0) is 9.97. The van der Waals surface area contributed by atoms with E-state index in [0.29, 0.717) is 0 Å². The van der Waals surface area contributed by atoms with Crippen LogP contribution in [0.3, 0.4) is 0 Å². The van der Waals surface area contributed by atoms with Gasteiger partial charge >= 0.3 is 0 Å². The summed E-state index contributed by atoms with van der Waals surface area (Å²) in [7, 11) is 0. The van der Waals surface area contributed by atoms with Crippen molar-refractivity contribution in [2.75, 3.05) is 0 Å². The van der Waals surface area contributed by atoms with E-state index < -0.39 is 0 Å². The van der Waals surface area contributed by atoms with Crippen LogP contribution >= 0.6 is 15.9 Å². The molecule has 0 fully saturated rings. The SMILES string of the molecule is Cc1cccn1Cc1ccncc1Br. The van der Waals surface area contributed by atoms with E-state index in [2.05, 4.69) is 50.7 Å². The van der Waals surface area contributed by atoms with E-state index in [1.165, 1.54) is 11.3 Å². The Balaban J connectivity index is 2.28. The third-order valence-electron chi connectivity index (χ3n) is 2.25. The summed E-state index contributed by atoms with van der Waals surface area (Å²) < 4.78 is 3.27. The predicted octanol–water partition coefficient (Wildman–Crippen LogP) is 3.00. The van der Waals surface area contributed by atoms with Crippen LogP contribution in [0.1, 0.15) is 11.3 Å². The quantitative estimate of drug-likeness (QED) is 0.802. The number of aromatic nitrogens is 2. The molecule has 0 amide bonds. The maximum atomic E-state index is 4.04. The van der Waals surface area contributed by atoms with E-state index in [1.807, 2.05) is 18.5 Å². The molecule has 0 saturated carbocycles. The number of rotatable bonds is 2.